The summed E-state index contributed by atoms with van der Waals surface area (Å²) in [7, 11) is 0. The highest BCUT2D eigenvalue weighted by Crippen LogP contribution is 2.39. The molecule has 2 aromatic carbocycles. The van der Waals surface area contributed by atoms with Gasteiger partial charge in [0, 0.05) is 28.2 Å². The number of aromatic amines is 1. The number of ether oxygens (including phenoxy) is 2. The summed E-state index contributed by atoms with van der Waals surface area (Å²) in [5.74, 6) is 0.567. The van der Waals surface area contributed by atoms with Crippen LogP contribution in [0.1, 0.15) is 36.7 Å². The molecule has 3 aromatic rings. The van der Waals surface area contributed by atoms with Crippen molar-refractivity contribution >= 4 is 28.6 Å². The molecule has 2 heterocycles. The van der Waals surface area contributed by atoms with Gasteiger partial charge in [0.1, 0.15) is 24.5 Å². The number of amides is 1. The van der Waals surface area contributed by atoms with Crippen LogP contribution in [0.5, 0.6) is 5.75 Å². The summed E-state index contributed by atoms with van der Waals surface area (Å²) in [6, 6.07) is 12.8. The van der Waals surface area contributed by atoms with Gasteiger partial charge in [-0.1, -0.05) is 23.7 Å². The predicted octanol–water partition coefficient (Wildman–Crippen LogP) is 4.05. The molecule has 0 spiro atoms. The topological polar surface area (TPSA) is 95.0 Å². The van der Waals surface area contributed by atoms with E-state index in [2.05, 4.69) is 4.98 Å². The molecule has 1 amide bonds. The second-order valence-electron chi connectivity index (χ2n) is 8.20. The third-order valence-corrected chi connectivity index (χ3v) is 5.74. The van der Waals surface area contributed by atoms with E-state index in [0.29, 0.717) is 23.7 Å². The molecular formula is C24H27ClN2O5. The van der Waals surface area contributed by atoms with Gasteiger partial charge in [0.05, 0.1) is 12.7 Å². The second-order valence-corrected chi connectivity index (χ2v) is 8.64. The van der Waals surface area contributed by atoms with Gasteiger partial charge in [0.25, 0.3) is 0 Å². The Hall–Kier alpha value is -2.74. The number of hydrogen-bond donors (Lipinski definition) is 3. The molecule has 8 heteroatoms. The van der Waals surface area contributed by atoms with Crippen LogP contribution in [0.3, 0.4) is 0 Å². The van der Waals surface area contributed by atoms with E-state index in [9.17, 15) is 9.90 Å². The number of benzene rings is 2. The Labute approximate surface area is 191 Å². The summed E-state index contributed by atoms with van der Waals surface area (Å²) in [5.41, 5.74) is 3.96. The van der Waals surface area contributed by atoms with Crippen molar-refractivity contribution in [3.63, 3.8) is 0 Å². The molecule has 32 heavy (non-hydrogen) atoms. The minimum absolute atomic E-state index is 0.000953. The lowest BCUT2D eigenvalue weighted by atomic mass is 9.92. The average Bonchev–Trinajstić information content (AvgIpc) is 3.14. The highest BCUT2D eigenvalue weighted by molar-refractivity contribution is 6.31. The Morgan fingerprint density at radius 2 is 2.00 bits per heavy atom. The van der Waals surface area contributed by atoms with Crippen molar-refractivity contribution in [3.05, 3.63) is 64.3 Å². The number of aromatic nitrogens is 1. The van der Waals surface area contributed by atoms with Gasteiger partial charge in [0.2, 0.25) is 0 Å². The fraction of sp³-hybridized carbons (Fsp3) is 0.375. The molecule has 2 atom stereocenters. The predicted molar refractivity (Wildman–Crippen MR) is 122 cm³/mol. The number of fused-ring (bicyclic) bond motifs is 3. The maximum Gasteiger partial charge on any atom is 0.410 e. The number of aliphatic hydroxyl groups is 2. The molecule has 7 nitrogen and oxygen atoms in total. The first kappa shape index (κ1) is 22.5. The minimum Gasteiger partial charge on any atom is -0.491 e. The third-order valence-electron chi connectivity index (χ3n) is 5.51. The number of rotatable bonds is 6. The normalized spacial score (nSPS) is 16.8. The highest BCUT2D eigenvalue weighted by atomic mass is 35.5. The fourth-order valence-corrected chi connectivity index (χ4v) is 4.24. The zero-order valence-corrected chi connectivity index (χ0v) is 18.8. The zero-order chi connectivity index (χ0) is 22.8. The Morgan fingerprint density at radius 3 is 2.69 bits per heavy atom. The average molecular weight is 459 g/mol. The first-order valence-corrected chi connectivity index (χ1v) is 11.0. The van der Waals surface area contributed by atoms with Crippen LogP contribution in [-0.4, -0.2) is 58.2 Å². The number of carbonyl (C=O) groups is 1. The molecular weight excluding hydrogens is 432 g/mol. The molecule has 1 aliphatic heterocycles. The number of nitrogens with one attached hydrogen (secondary N) is 1. The first-order valence-electron chi connectivity index (χ1n) is 10.7. The monoisotopic (exact) mass is 458 g/mol. The van der Waals surface area contributed by atoms with Crippen LogP contribution in [-0.2, 0) is 11.2 Å². The maximum atomic E-state index is 12.9. The smallest absolute Gasteiger partial charge is 0.410 e. The van der Waals surface area contributed by atoms with Gasteiger partial charge in [-0.15, -0.1) is 0 Å². The van der Waals surface area contributed by atoms with Crippen molar-refractivity contribution in [1.29, 1.82) is 0 Å². The van der Waals surface area contributed by atoms with Crippen LogP contribution in [0.4, 0.5) is 4.79 Å². The van der Waals surface area contributed by atoms with E-state index in [1.807, 2.05) is 44.2 Å². The molecule has 0 saturated carbocycles. The van der Waals surface area contributed by atoms with Crippen LogP contribution >= 0.6 is 11.6 Å². The van der Waals surface area contributed by atoms with Gasteiger partial charge in [-0.3, -0.25) is 4.90 Å². The Kier molecular flexibility index (Phi) is 6.60. The van der Waals surface area contributed by atoms with Crippen molar-refractivity contribution in [3.8, 4) is 5.75 Å². The Balaban J connectivity index is 1.71. The maximum absolute atomic E-state index is 12.9. The van der Waals surface area contributed by atoms with Crippen LogP contribution in [0.2, 0.25) is 5.02 Å². The fourth-order valence-electron chi connectivity index (χ4n) is 4.06. The number of halogens is 1. The summed E-state index contributed by atoms with van der Waals surface area (Å²) < 4.78 is 11.0. The molecule has 2 unspecified atom stereocenters. The summed E-state index contributed by atoms with van der Waals surface area (Å²) in [5, 5.41) is 20.2. The molecule has 1 aliphatic rings. The number of carbonyl (C=O) groups excluding carboxylic acids is 1. The van der Waals surface area contributed by atoms with Crippen LogP contribution in [0.25, 0.3) is 10.9 Å². The van der Waals surface area contributed by atoms with E-state index >= 15 is 0 Å². The van der Waals surface area contributed by atoms with E-state index in [1.165, 1.54) is 0 Å². The Bertz CT molecular complexity index is 1100. The van der Waals surface area contributed by atoms with Gasteiger partial charge in [-0.2, -0.15) is 0 Å². The van der Waals surface area contributed by atoms with Crippen molar-refractivity contribution in [2.45, 2.75) is 38.5 Å². The van der Waals surface area contributed by atoms with Gasteiger partial charge >= 0.3 is 6.09 Å². The van der Waals surface area contributed by atoms with E-state index in [4.69, 9.17) is 26.2 Å². The molecule has 170 valence electrons. The number of H-pyrrole nitrogens is 1. The molecule has 4 rings (SSSR count). The highest BCUT2D eigenvalue weighted by Gasteiger charge is 2.35. The largest absolute Gasteiger partial charge is 0.491 e. The number of nitrogens with zero attached hydrogens (tertiary/aromatic N) is 1. The van der Waals surface area contributed by atoms with Gasteiger partial charge in [-0.05, 0) is 61.7 Å². The van der Waals surface area contributed by atoms with Gasteiger partial charge in [0.15, 0.2) is 0 Å². The summed E-state index contributed by atoms with van der Waals surface area (Å²) in [6.45, 7) is 3.82. The number of aliphatic hydroxyl groups excluding tert-OH is 2. The molecule has 0 bridgehead atoms. The third kappa shape index (κ3) is 4.55. The van der Waals surface area contributed by atoms with E-state index < -0.39 is 6.10 Å². The molecule has 0 aliphatic carbocycles. The quantitative estimate of drug-likeness (QED) is 0.518. The van der Waals surface area contributed by atoms with Crippen LogP contribution < -0.4 is 4.74 Å². The summed E-state index contributed by atoms with van der Waals surface area (Å²) in [4.78, 5) is 18.2. The van der Waals surface area contributed by atoms with Crippen LogP contribution in [0.15, 0.2) is 42.5 Å². The van der Waals surface area contributed by atoms with E-state index in [0.717, 1.165) is 27.7 Å². The van der Waals surface area contributed by atoms with Crippen LogP contribution in [0, 0.1) is 0 Å². The molecule has 3 N–H and O–H groups in total. The standard InChI is InChI=1S/C24H27ClN2O5/c1-14(2)32-24(30)27-10-9-19-20-11-16(25)5-8-21(20)26-22(19)23(27)15-3-6-18(7-4-15)31-13-17(29)12-28/h3-8,11,14,17,23,26,28-29H,9-10,12-13H2,1-2H3. The lowest BCUT2D eigenvalue weighted by Crippen LogP contribution is -2.41. The SMILES string of the molecule is CC(C)OC(=O)N1CCc2c([nH]c3ccc(Cl)cc23)C1c1ccc(OCC(O)CO)cc1. The minimum atomic E-state index is -0.935. The van der Waals surface area contributed by atoms with Gasteiger partial charge < -0.3 is 24.7 Å². The lowest BCUT2D eigenvalue weighted by Gasteiger charge is -2.36. The summed E-state index contributed by atoms with van der Waals surface area (Å²) >= 11 is 6.24. The molecule has 0 radical (unpaired) electrons. The number of hydrogen-bond acceptors (Lipinski definition) is 5. The molecule has 1 aromatic heterocycles. The summed E-state index contributed by atoms with van der Waals surface area (Å²) in [6.07, 6.45) is -0.826. The molecule has 0 saturated heterocycles. The van der Waals surface area contributed by atoms with E-state index in [-0.39, 0.29) is 31.5 Å². The second kappa shape index (κ2) is 9.40. The van der Waals surface area contributed by atoms with E-state index in [1.54, 1.807) is 17.0 Å². The van der Waals surface area contributed by atoms with Crippen molar-refractivity contribution in [2.75, 3.05) is 19.8 Å². The van der Waals surface area contributed by atoms with Crippen molar-refractivity contribution in [2.24, 2.45) is 0 Å². The van der Waals surface area contributed by atoms with Gasteiger partial charge in [-0.25, -0.2) is 4.79 Å². The molecule has 0 fully saturated rings. The van der Waals surface area contributed by atoms with Crippen molar-refractivity contribution in [1.82, 2.24) is 9.88 Å². The van der Waals surface area contributed by atoms with Crippen molar-refractivity contribution < 1.29 is 24.5 Å². The Morgan fingerprint density at radius 1 is 1.25 bits per heavy atom. The first-order chi connectivity index (χ1) is 15.4. The lowest BCUT2D eigenvalue weighted by molar-refractivity contribution is 0.0535. The zero-order valence-electron chi connectivity index (χ0n) is 18.0.